The summed E-state index contributed by atoms with van der Waals surface area (Å²) >= 11 is 0. The van der Waals surface area contributed by atoms with Crippen LogP contribution in [0, 0.1) is 11.8 Å². The van der Waals surface area contributed by atoms with E-state index in [0.717, 1.165) is 23.7 Å². The van der Waals surface area contributed by atoms with Crippen molar-refractivity contribution in [3.8, 4) is 0 Å². The Labute approximate surface area is 242 Å². The Bertz CT molecular complexity index is 792. The van der Waals surface area contributed by atoms with E-state index < -0.39 is 30.3 Å². The van der Waals surface area contributed by atoms with E-state index in [0.29, 0.717) is 0 Å². The number of aliphatic hydroxyl groups is 1. The monoisotopic (exact) mass is 608 g/mol. The minimum atomic E-state index is -3.39. The summed E-state index contributed by atoms with van der Waals surface area (Å²) in [5.74, 6) is -0.344. The zero-order valence-electron chi connectivity index (χ0n) is 27.5. The molecule has 10 heteroatoms. The lowest BCUT2D eigenvalue weighted by atomic mass is 9.90. The Hall–Kier alpha value is -0.0962. The molecule has 0 saturated heterocycles. The molecule has 0 heterocycles. The van der Waals surface area contributed by atoms with E-state index in [1.165, 1.54) is 14.2 Å². The molecule has 0 aromatic rings. The fourth-order valence-electron chi connectivity index (χ4n) is 4.66. The Balaban J connectivity index is 6.60. The van der Waals surface area contributed by atoms with Crippen LogP contribution in [0.1, 0.15) is 62.3 Å². The fraction of sp³-hybridized carbons (Fsp3) is 0.862. The molecule has 0 aliphatic heterocycles. The molecule has 1 unspecified atom stereocenters. The lowest BCUT2D eigenvalue weighted by molar-refractivity contribution is 0.00535. The molecule has 232 valence electrons. The molecule has 0 fully saturated rings. The lowest BCUT2D eigenvalue weighted by Gasteiger charge is -2.42. The lowest BCUT2D eigenvalue weighted by Crippen LogP contribution is -2.49. The van der Waals surface area contributed by atoms with E-state index in [2.05, 4.69) is 81.1 Å². The second-order valence-electron chi connectivity index (χ2n) is 12.4. The Morgan fingerprint density at radius 3 is 1.85 bits per heavy atom. The van der Waals surface area contributed by atoms with Gasteiger partial charge in [0.25, 0.3) is 0 Å². The van der Waals surface area contributed by atoms with Crippen LogP contribution in [0.3, 0.4) is 0 Å². The van der Waals surface area contributed by atoms with Crippen LogP contribution >= 0.6 is 7.60 Å². The van der Waals surface area contributed by atoms with Crippen LogP contribution in [0.4, 0.5) is 0 Å². The van der Waals surface area contributed by atoms with Gasteiger partial charge in [-0.2, -0.15) is 0 Å². The minimum absolute atomic E-state index is 0.0116. The molecule has 0 rings (SSSR count). The first-order chi connectivity index (χ1) is 17.9. The molecular weight excluding hydrogens is 547 g/mol. The van der Waals surface area contributed by atoms with Gasteiger partial charge in [0, 0.05) is 33.2 Å². The molecule has 0 aliphatic carbocycles. The number of aliphatic hydroxyl groups excluding tert-OH is 1. The predicted octanol–water partition coefficient (Wildman–Crippen LogP) is 8.03. The van der Waals surface area contributed by atoms with Crippen molar-refractivity contribution >= 4 is 24.2 Å². The van der Waals surface area contributed by atoms with Crippen molar-refractivity contribution < 1.29 is 32.3 Å². The summed E-state index contributed by atoms with van der Waals surface area (Å²) in [6, 6.07) is 2.95. The molecule has 0 spiro atoms. The molecule has 0 aromatic heterocycles. The van der Waals surface area contributed by atoms with Gasteiger partial charge in [0.2, 0.25) is 0 Å². The predicted molar refractivity (Wildman–Crippen MR) is 170 cm³/mol. The molecule has 7 nitrogen and oxygen atoms in total. The second-order valence-corrected chi connectivity index (χ2v) is 24.2. The first-order valence-electron chi connectivity index (χ1n) is 14.4. The van der Waals surface area contributed by atoms with Crippen LogP contribution in [0.2, 0.25) is 36.3 Å². The largest absolute Gasteiger partial charge is 0.410 e. The first-order valence-corrected chi connectivity index (χ1v) is 21.6. The summed E-state index contributed by atoms with van der Waals surface area (Å²) in [4.78, 5) is 0. The van der Waals surface area contributed by atoms with Crippen molar-refractivity contribution in [2.45, 2.75) is 123 Å². The maximum absolute atomic E-state index is 12.8. The van der Waals surface area contributed by atoms with Crippen molar-refractivity contribution in [3.63, 3.8) is 0 Å². The molecule has 0 radical (unpaired) electrons. The first kappa shape index (κ1) is 38.9. The van der Waals surface area contributed by atoms with Gasteiger partial charge in [0.15, 0.2) is 16.6 Å². The van der Waals surface area contributed by atoms with Gasteiger partial charge in [-0.15, -0.1) is 6.58 Å². The van der Waals surface area contributed by atoms with Gasteiger partial charge in [0.05, 0.1) is 24.5 Å². The van der Waals surface area contributed by atoms with Crippen LogP contribution in [-0.2, 0) is 27.2 Å². The zero-order valence-corrected chi connectivity index (χ0v) is 30.4. The standard InChI is InChI=1S/C29H61O7PSi2/c1-16-26(32-11)28(35-38(14,15)29(8,9)10)23(6)20-22(5)27(36-39(17-2,18-3)19-4)24(7)25(30)21-37(31,33-12)34-13/h16,20,23-28,30H,1,17-19,21H2,2-15H3/b22-20-/t23-,24-,25?,26+,27+,28+/m1/s1. The van der Waals surface area contributed by atoms with Gasteiger partial charge < -0.3 is 27.7 Å². The maximum Gasteiger partial charge on any atom is 0.332 e. The van der Waals surface area contributed by atoms with E-state index in [1.54, 1.807) is 7.11 Å². The number of hydrogen-bond acceptors (Lipinski definition) is 7. The van der Waals surface area contributed by atoms with Gasteiger partial charge >= 0.3 is 7.60 Å². The Kier molecular flexibility index (Phi) is 16.5. The van der Waals surface area contributed by atoms with Gasteiger partial charge in [-0.05, 0) is 48.8 Å². The van der Waals surface area contributed by atoms with E-state index >= 15 is 0 Å². The third-order valence-corrected chi connectivity index (χ3v) is 19.9. The normalized spacial score (nSPS) is 18.8. The minimum Gasteiger partial charge on any atom is -0.410 e. The second kappa shape index (κ2) is 16.5. The summed E-state index contributed by atoms with van der Waals surface area (Å²) in [7, 11) is -3.18. The third-order valence-electron chi connectivity index (χ3n) is 8.92. The highest BCUT2D eigenvalue weighted by Crippen LogP contribution is 2.48. The van der Waals surface area contributed by atoms with Crippen molar-refractivity contribution in [1.82, 2.24) is 0 Å². The zero-order chi connectivity index (χ0) is 30.8. The van der Waals surface area contributed by atoms with E-state index in [-0.39, 0.29) is 41.3 Å². The van der Waals surface area contributed by atoms with Crippen LogP contribution in [0.25, 0.3) is 0 Å². The highest BCUT2D eigenvalue weighted by molar-refractivity contribution is 7.53. The highest BCUT2D eigenvalue weighted by atomic mass is 31.2. The van der Waals surface area contributed by atoms with E-state index in [9.17, 15) is 9.67 Å². The SMILES string of the molecule is C=C[C@H](OC)[C@@H](O[Si](C)(C)C(C)(C)C)[C@H](C)/C=C(/C)[C@H](O[Si](CC)(CC)CC)[C@H](C)C(O)CP(=O)(OC)OC. The van der Waals surface area contributed by atoms with Crippen molar-refractivity contribution in [1.29, 1.82) is 0 Å². The van der Waals surface area contributed by atoms with Crippen molar-refractivity contribution in [2.75, 3.05) is 27.5 Å². The van der Waals surface area contributed by atoms with Crippen LogP contribution in [0.5, 0.6) is 0 Å². The third kappa shape index (κ3) is 10.9. The maximum atomic E-state index is 12.8. The fourth-order valence-corrected chi connectivity index (χ4v) is 10.2. The molecule has 0 aromatic carbocycles. The topological polar surface area (TPSA) is 83.5 Å². The van der Waals surface area contributed by atoms with Crippen LogP contribution < -0.4 is 0 Å². The van der Waals surface area contributed by atoms with Gasteiger partial charge in [-0.25, -0.2) is 0 Å². The number of hydrogen-bond donors (Lipinski definition) is 1. The summed E-state index contributed by atoms with van der Waals surface area (Å²) in [6.07, 6.45) is 2.14. The molecule has 0 amide bonds. The summed E-state index contributed by atoms with van der Waals surface area (Å²) in [6.45, 7) is 27.9. The molecule has 0 aliphatic rings. The van der Waals surface area contributed by atoms with Crippen LogP contribution in [0.15, 0.2) is 24.3 Å². The molecule has 6 atom stereocenters. The van der Waals surface area contributed by atoms with Gasteiger partial charge in [-0.1, -0.05) is 67.5 Å². The molecule has 1 N–H and O–H groups in total. The molecular formula is C29H61O7PSi2. The molecule has 0 bridgehead atoms. The number of methoxy groups -OCH3 is 1. The highest BCUT2D eigenvalue weighted by Gasteiger charge is 2.43. The summed E-state index contributed by atoms with van der Waals surface area (Å²) < 4.78 is 42.8. The number of ether oxygens (including phenoxy) is 1. The average molecular weight is 609 g/mol. The molecule has 0 saturated carbocycles. The van der Waals surface area contributed by atoms with E-state index in [1.807, 2.05) is 13.0 Å². The molecule has 39 heavy (non-hydrogen) atoms. The smallest absolute Gasteiger partial charge is 0.332 e. The van der Waals surface area contributed by atoms with Crippen molar-refractivity contribution in [3.05, 3.63) is 24.3 Å². The van der Waals surface area contributed by atoms with Gasteiger partial charge in [0.1, 0.15) is 6.10 Å². The van der Waals surface area contributed by atoms with Gasteiger partial charge in [-0.3, -0.25) is 4.57 Å². The number of rotatable bonds is 19. The Morgan fingerprint density at radius 2 is 1.49 bits per heavy atom. The average Bonchev–Trinajstić information content (AvgIpc) is 2.88. The quantitative estimate of drug-likeness (QED) is 0.0903. The summed E-state index contributed by atoms with van der Waals surface area (Å²) in [5, 5.41) is 11.3. The summed E-state index contributed by atoms with van der Waals surface area (Å²) in [5.41, 5.74) is 1.02. The Morgan fingerprint density at radius 1 is 1.00 bits per heavy atom. The van der Waals surface area contributed by atoms with Crippen LogP contribution in [-0.4, -0.2) is 73.6 Å². The van der Waals surface area contributed by atoms with Crippen molar-refractivity contribution in [2.24, 2.45) is 11.8 Å². The van der Waals surface area contributed by atoms with E-state index in [4.69, 9.17) is 22.6 Å².